The minimum absolute atomic E-state index is 0.256. The highest BCUT2D eigenvalue weighted by molar-refractivity contribution is 8.00. The zero-order valence-corrected chi connectivity index (χ0v) is 11.5. The zero-order chi connectivity index (χ0) is 12.5. The van der Waals surface area contributed by atoms with Crippen LogP contribution in [0.4, 0.5) is 5.82 Å². The van der Waals surface area contributed by atoms with Crippen LogP contribution in [0.25, 0.3) is 0 Å². The van der Waals surface area contributed by atoms with E-state index in [0.717, 1.165) is 30.2 Å². The fourth-order valence-electron chi connectivity index (χ4n) is 2.20. The van der Waals surface area contributed by atoms with Gasteiger partial charge in [0.05, 0.1) is 6.10 Å². The molecule has 1 aromatic rings. The van der Waals surface area contributed by atoms with Crippen LogP contribution in [0.3, 0.4) is 0 Å². The first-order valence-electron chi connectivity index (χ1n) is 6.01. The van der Waals surface area contributed by atoms with E-state index in [0.29, 0.717) is 0 Å². The maximum absolute atomic E-state index is 9.79. The maximum Gasteiger partial charge on any atom is 0.134 e. The summed E-state index contributed by atoms with van der Waals surface area (Å²) in [7, 11) is 0. The standard InChI is InChI=1S/C13H20N2OS/c1-10(16)11-5-4-6-14-12(11)15-7-8-17-13(2,3)9-15/h4-6,10,16H,7-9H2,1-3H3/t10-/m0/s1. The second kappa shape index (κ2) is 4.86. The van der Waals surface area contributed by atoms with E-state index in [4.69, 9.17) is 0 Å². The van der Waals surface area contributed by atoms with Gasteiger partial charge in [-0.3, -0.25) is 0 Å². The van der Waals surface area contributed by atoms with Crippen LogP contribution in [0.15, 0.2) is 18.3 Å². The summed E-state index contributed by atoms with van der Waals surface area (Å²) in [4.78, 5) is 6.74. The van der Waals surface area contributed by atoms with E-state index in [-0.39, 0.29) is 4.75 Å². The summed E-state index contributed by atoms with van der Waals surface area (Å²) in [5, 5.41) is 9.79. The molecule has 1 aliphatic rings. The highest BCUT2D eigenvalue weighted by atomic mass is 32.2. The lowest BCUT2D eigenvalue weighted by molar-refractivity contribution is 0.199. The minimum Gasteiger partial charge on any atom is -0.389 e. The molecular weight excluding hydrogens is 232 g/mol. The third-order valence-corrected chi connectivity index (χ3v) is 4.29. The molecule has 1 aliphatic heterocycles. The van der Waals surface area contributed by atoms with E-state index in [1.807, 2.05) is 23.9 Å². The molecule has 94 valence electrons. The predicted octanol–water partition coefficient (Wildman–Crippen LogP) is 2.47. The second-order valence-electron chi connectivity index (χ2n) is 5.12. The van der Waals surface area contributed by atoms with Crippen LogP contribution in [-0.4, -0.2) is 33.7 Å². The first-order chi connectivity index (χ1) is 7.99. The summed E-state index contributed by atoms with van der Waals surface area (Å²) in [5.74, 6) is 2.05. The van der Waals surface area contributed by atoms with Gasteiger partial charge in [-0.15, -0.1) is 0 Å². The summed E-state index contributed by atoms with van der Waals surface area (Å²) in [5.41, 5.74) is 0.926. The van der Waals surface area contributed by atoms with E-state index in [1.54, 1.807) is 13.1 Å². The molecule has 0 spiro atoms. The highest BCUT2D eigenvalue weighted by Gasteiger charge is 2.29. The molecule has 0 bridgehead atoms. The summed E-state index contributed by atoms with van der Waals surface area (Å²) >= 11 is 2.00. The molecule has 1 atom stereocenters. The van der Waals surface area contributed by atoms with Crippen molar-refractivity contribution in [1.82, 2.24) is 4.98 Å². The molecule has 1 fully saturated rings. The van der Waals surface area contributed by atoms with Gasteiger partial charge in [-0.2, -0.15) is 11.8 Å². The molecule has 0 aliphatic carbocycles. The Morgan fingerprint density at radius 3 is 2.94 bits per heavy atom. The molecule has 0 radical (unpaired) electrons. The molecule has 1 aromatic heterocycles. The van der Waals surface area contributed by atoms with Crippen molar-refractivity contribution in [3.8, 4) is 0 Å². The van der Waals surface area contributed by atoms with Gasteiger partial charge in [0, 0.05) is 35.3 Å². The maximum atomic E-state index is 9.79. The first-order valence-corrected chi connectivity index (χ1v) is 7.00. The van der Waals surface area contributed by atoms with Gasteiger partial charge in [0.1, 0.15) is 5.82 Å². The molecule has 2 rings (SSSR count). The van der Waals surface area contributed by atoms with Gasteiger partial charge >= 0.3 is 0 Å². The van der Waals surface area contributed by atoms with Crippen LogP contribution in [0.1, 0.15) is 32.4 Å². The topological polar surface area (TPSA) is 36.4 Å². The van der Waals surface area contributed by atoms with Crippen LogP contribution < -0.4 is 4.90 Å². The Kier molecular flexibility index (Phi) is 3.64. The minimum atomic E-state index is -0.462. The molecule has 4 heteroatoms. The third kappa shape index (κ3) is 2.93. The summed E-state index contributed by atoms with van der Waals surface area (Å²) in [6.45, 7) is 8.30. The molecule has 0 saturated carbocycles. The normalized spacial score (nSPS) is 21.3. The number of hydrogen-bond acceptors (Lipinski definition) is 4. The number of aliphatic hydroxyl groups is 1. The molecular formula is C13H20N2OS. The van der Waals surface area contributed by atoms with Crippen molar-refractivity contribution in [3.05, 3.63) is 23.9 Å². The number of thioether (sulfide) groups is 1. The Bertz CT molecular complexity index is 393. The van der Waals surface area contributed by atoms with E-state index in [9.17, 15) is 5.11 Å². The highest BCUT2D eigenvalue weighted by Crippen LogP contribution is 2.33. The molecule has 0 amide bonds. The van der Waals surface area contributed by atoms with Crippen LogP contribution in [0, 0.1) is 0 Å². The average Bonchev–Trinajstić information content (AvgIpc) is 2.27. The Labute approximate surface area is 107 Å². The fraction of sp³-hybridized carbons (Fsp3) is 0.615. The Hall–Kier alpha value is -0.740. The summed E-state index contributed by atoms with van der Waals surface area (Å²) < 4.78 is 0.256. The zero-order valence-electron chi connectivity index (χ0n) is 10.7. The van der Waals surface area contributed by atoms with Crippen molar-refractivity contribution in [1.29, 1.82) is 0 Å². The summed E-state index contributed by atoms with van der Waals surface area (Å²) in [6, 6.07) is 3.84. The van der Waals surface area contributed by atoms with E-state index < -0.39 is 6.10 Å². The van der Waals surface area contributed by atoms with Gasteiger partial charge < -0.3 is 10.0 Å². The van der Waals surface area contributed by atoms with Crippen LogP contribution in [-0.2, 0) is 0 Å². The van der Waals surface area contributed by atoms with Crippen molar-refractivity contribution in [2.45, 2.75) is 31.6 Å². The van der Waals surface area contributed by atoms with Gasteiger partial charge in [0.15, 0.2) is 0 Å². The number of aromatic nitrogens is 1. The number of hydrogen-bond donors (Lipinski definition) is 1. The lowest BCUT2D eigenvalue weighted by atomic mass is 10.1. The largest absolute Gasteiger partial charge is 0.389 e. The predicted molar refractivity (Wildman–Crippen MR) is 73.6 cm³/mol. The van der Waals surface area contributed by atoms with Gasteiger partial charge in [0.25, 0.3) is 0 Å². The van der Waals surface area contributed by atoms with Crippen molar-refractivity contribution < 1.29 is 5.11 Å². The number of aliphatic hydroxyl groups excluding tert-OH is 1. The van der Waals surface area contributed by atoms with Crippen molar-refractivity contribution in [2.75, 3.05) is 23.7 Å². The van der Waals surface area contributed by atoms with Crippen LogP contribution in [0.2, 0.25) is 0 Å². The molecule has 0 aromatic carbocycles. The van der Waals surface area contributed by atoms with Crippen molar-refractivity contribution >= 4 is 17.6 Å². The first kappa shape index (κ1) is 12.7. The molecule has 0 unspecified atom stereocenters. The SMILES string of the molecule is C[C@H](O)c1cccnc1N1CCSC(C)(C)C1. The van der Waals surface area contributed by atoms with Gasteiger partial charge in [-0.05, 0) is 26.8 Å². The number of nitrogens with zero attached hydrogens (tertiary/aromatic N) is 2. The lowest BCUT2D eigenvalue weighted by Crippen LogP contribution is -2.44. The third-order valence-electron chi connectivity index (χ3n) is 2.99. The summed E-state index contributed by atoms with van der Waals surface area (Å²) in [6.07, 6.45) is 1.34. The molecule has 2 heterocycles. The van der Waals surface area contributed by atoms with Gasteiger partial charge in [-0.25, -0.2) is 4.98 Å². The van der Waals surface area contributed by atoms with Crippen molar-refractivity contribution in [3.63, 3.8) is 0 Å². The van der Waals surface area contributed by atoms with Gasteiger partial charge in [-0.1, -0.05) is 6.07 Å². The second-order valence-corrected chi connectivity index (χ2v) is 6.92. The fourth-order valence-corrected chi connectivity index (χ4v) is 3.31. The number of anilines is 1. The van der Waals surface area contributed by atoms with E-state index in [1.165, 1.54) is 0 Å². The number of rotatable bonds is 2. The van der Waals surface area contributed by atoms with Crippen molar-refractivity contribution in [2.24, 2.45) is 0 Å². The number of pyridine rings is 1. The van der Waals surface area contributed by atoms with Crippen LogP contribution in [0.5, 0.6) is 0 Å². The Balaban J connectivity index is 2.27. The monoisotopic (exact) mass is 252 g/mol. The Morgan fingerprint density at radius 1 is 1.53 bits per heavy atom. The quantitative estimate of drug-likeness (QED) is 0.877. The molecule has 17 heavy (non-hydrogen) atoms. The lowest BCUT2D eigenvalue weighted by Gasteiger charge is -2.39. The molecule has 3 nitrogen and oxygen atoms in total. The van der Waals surface area contributed by atoms with E-state index >= 15 is 0 Å². The average molecular weight is 252 g/mol. The van der Waals surface area contributed by atoms with Crippen LogP contribution >= 0.6 is 11.8 Å². The molecule has 1 N–H and O–H groups in total. The van der Waals surface area contributed by atoms with E-state index in [2.05, 4.69) is 23.7 Å². The molecule has 1 saturated heterocycles. The smallest absolute Gasteiger partial charge is 0.134 e. The Morgan fingerprint density at radius 2 is 2.29 bits per heavy atom. The van der Waals surface area contributed by atoms with Gasteiger partial charge in [0.2, 0.25) is 0 Å².